The first kappa shape index (κ1) is 23.3. The number of carbonyl (C=O) groups excluding carboxylic acids is 1. The number of halogens is 3. The van der Waals surface area contributed by atoms with Gasteiger partial charge in [-0.1, -0.05) is 53.0 Å². The van der Waals surface area contributed by atoms with Crippen LogP contribution in [0.1, 0.15) is 6.92 Å². The molecule has 0 saturated heterocycles. The van der Waals surface area contributed by atoms with E-state index in [9.17, 15) is 4.79 Å². The van der Waals surface area contributed by atoms with Gasteiger partial charge in [0.1, 0.15) is 0 Å². The third-order valence-electron chi connectivity index (χ3n) is 4.44. The van der Waals surface area contributed by atoms with Crippen LogP contribution in [-0.4, -0.2) is 25.6 Å². The Hall–Kier alpha value is -2.84. The zero-order valence-electron chi connectivity index (χ0n) is 17.2. The van der Waals surface area contributed by atoms with E-state index in [1.54, 1.807) is 42.5 Å². The fourth-order valence-corrected chi connectivity index (χ4v) is 4.28. The van der Waals surface area contributed by atoms with Crippen molar-refractivity contribution >= 4 is 63.1 Å². The van der Waals surface area contributed by atoms with E-state index in [0.29, 0.717) is 37.3 Å². The zero-order valence-corrected chi connectivity index (χ0v) is 20.3. The van der Waals surface area contributed by atoms with Crippen molar-refractivity contribution in [2.45, 2.75) is 12.1 Å². The van der Waals surface area contributed by atoms with Gasteiger partial charge < -0.3 is 0 Å². The highest BCUT2D eigenvalue weighted by molar-refractivity contribution is 8.15. The van der Waals surface area contributed by atoms with E-state index in [0.717, 1.165) is 17.4 Å². The van der Waals surface area contributed by atoms with Gasteiger partial charge in [-0.15, -0.1) is 10.2 Å². The zero-order chi connectivity index (χ0) is 23.4. The largest absolute Gasteiger partial charge is 0.292 e. The summed E-state index contributed by atoms with van der Waals surface area (Å²) in [5.74, 6) is 0.286. The van der Waals surface area contributed by atoms with Gasteiger partial charge in [0.15, 0.2) is 16.7 Å². The first-order valence-corrected chi connectivity index (χ1v) is 11.6. The van der Waals surface area contributed by atoms with Gasteiger partial charge in [-0.2, -0.15) is 5.10 Å². The number of hydrazone groups is 1. The van der Waals surface area contributed by atoms with E-state index < -0.39 is 0 Å². The Labute approximate surface area is 209 Å². The number of anilines is 1. The van der Waals surface area contributed by atoms with Crippen molar-refractivity contribution in [2.75, 3.05) is 5.43 Å². The Morgan fingerprint density at radius 1 is 0.939 bits per heavy atom. The first-order valence-electron chi connectivity index (χ1n) is 9.66. The fraction of sp³-hybridized carbons (Fsp3) is 0.0435. The molecular formula is C23H16Cl3N5OS. The Morgan fingerprint density at radius 3 is 2.30 bits per heavy atom. The van der Waals surface area contributed by atoms with Gasteiger partial charge in [-0.05, 0) is 66.4 Å². The smallest absolute Gasteiger partial charge is 0.202 e. The molecule has 0 aliphatic rings. The molecule has 1 N–H and O–H groups in total. The van der Waals surface area contributed by atoms with Crippen molar-refractivity contribution in [3.05, 3.63) is 87.9 Å². The van der Waals surface area contributed by atoms with E-state index in [4.69, 9.17) is 34.8 Å². The van der Waals surface area contributed by atoms with Gasteiger partial charge >= 0.3 is 0 Å². The maximum atomic E-state index is 12.3. The summed E-state index contributed by atoms with van der Waals surface area (Å²) in [4.78, 5) is 12.3. The van der Waals surface area contributed by atoms with Crippen molar-refractivity contribution in [1.82, 2.24) is 14.8 Å². The lowest BCUT2D eigenvalue weighted by molar-refractivity contribution is -0.110. The number of nitrogens with zero attached hydrogens (tertiary/aromatic N) is 4. The number of ketones is 1. The molecule has 166 valence electrons. The highest BCUT2D eigenvalue weighted by Crippen LogP contribution is 2.34. The third kappa shape index (κ3) is 5.57. The number of benzene rings is 3. The molecule has 0 fully saturated rings. The second kappa shape index (κ2) is 10.4. The van der Waals surface area contributed by atoms with Crippen molar-refractivity contribution in [3.8, 4) is 17.1 Å². The summed E-state index contributed by atoms with van der Waals surface area (Å²) in [6.07, 6.45) is 0. The predicted octanol–water partition coefficient (Wildman–Crippen LogP) is 7.00. The molecule has 0 saturated carbocycles. The topological polar surface area (TPSA) is 72.2 Å². The standard InChI is InChI=1S/C23H16Cl3N5OS/c1-14(32)22(29-27-17-10-7-15(24)8-11-17)33-23-30-28-21(19-12-9-16(25)13-20(19)26)31(23)18-5-3-2-4-6-18/h2-13,27H,1H3. The van der Waals surface area contributed by atoms with Crippen LogP contribution in [0.3, 0.4) is 0 Å². The number of para-hydroxylation sites is 1. The Morgan fingerprint density at radius 2 is 1.64 bits per heavy atom. The Bertz CT molecular complexity index is 1320. The molecule has 1 aromatic heterocycles. The number of hydrogen-bond acceptors (Lipinski definition) is 6. The lowest BCUT2D eigenvalue weighted by Gasteiger charge is -2.11. The average Bonchev–Trinajstić information content (AvgIpc) is 3.21. The number of nitrogens with one attached hydrogen (secondary N) is 1. The molecule has 0 aliphatic carbocycles. The number of thioether (sulfide) groups is 1. The quantitative estimate of drug-likeness (QED) is 0.129. The molecule has 33 heavy (non-hydrogen) atoms. The summed E-state index contributed by atoms with van der Waals surface area (Å²) >= 11 is 19.5. The Balaban J connectivity index is 1.74. The number of rotatable bonds is 6. The lowest BCUT2D eigenvalue weighted by Crippen LogP contribution is -2.10. The van der Waals surface area contributed by atoms with Crippen LogP contribution in [0.2, 0.25) is 15.1 Å². The summed E-state index contributed by atoms with van der Waals surface area (Å²) in [6.45, 7) is 1.44. The van der Waals surface area contributed by atoms with Crippen molar-refractivity contribution in [2.24, 2.45) is 5.10 Å². The van der Waals surface area contributed by atoms with Crippen LogP contribution in [0, 0.1) is 0 Å². The van der Waals surface area contributed by atoms with Gasteiger partial charge in [0.05, 0.1) is 10.7 Å². The highest BCUT2D eigenvalue weighted by atomic mass is 35.5. The minimum Gasteiger partial charge on any atom is -0.292 e. The fourth-order valence-electron chi connectivity index (χ4n) is 2.89. The van der Waals surface area contributed by atoms with Crippen LogP contribution in [0.25, 0.3) is 17.1 Å². The molecular weight excluding hydrogens is 501 g/mol. The van der Waals surface area contributed by atoms with Gasteiger partial charge in [0.25, 0.3) is 0 Å². The third-order valence-corrected chi connectivity index (χ3v) is 6.26. The molecule has 10 heteroatoms. The van der Waals surface area contributed by atoms with Gasteiger partial charge in [0.2, 0.25) is 5.16 Å². The van der Waals surface area contributed by atoms with Crippen LogP contribution in [0.4, 0.5) is 5.69 Å². The molecule has 0 bridgehead atoms. The van der Waals surface area contributed by atoms with Crippen LogP contribution < -0.4 is 5.43 Å². The molecule has 0 atom stereocenters. The maximum absolute atomic E-state index is 12.3. The average molecular weight is 517 g/mol. The second-order valence-corrected chi connectivity index (χ2v) is 9.03. The van der Waals surface area contributed by atoms with E-state index in [2.05, 4.69) is 20.7 Å². The predicted molar refractivity (Wildman–Crippen MR) is 136 cm³/mol. The summed E-state index contributed by atoms with van der Waals surface area (Å²) in [7, 11) is 0. The molecule has 0 unspecified atom stereocenters. The van der Waals surface area contributed by atoms with Crippen molar-refractivity contribution in [1.29, 1.82) is 0 Å². The number of carbonyl (C=O) groups is 1. The molecule has 0 radical (unpaired) electrons. The SMILES string of the molecule is CC(=O)C(=NNc1ccc(Cl)cc1)Sc1nnc(-c2ccc(Cl)cc2Cl)n1-c1ccccc1. The molecule has 4 aromatic rings. The molecule has 3 aromatic carbocycles. The van der Waals surface area contributed by atoms with Crippen molar-refractivity contribution in [3.63, 3.8) is 0 Å². The molecule has 1 heterocycles. The summed E-state index contributed by atoms with van der Waals surface area (Å²) in [5, 5.41) is 15.2. The summed E-state index contributed by atoms with van der Waals surface area (Å²) in [6, 6.07) is 21.7. The maximum Gasteiger partial charge on any atom is 0.202 e. The van der Waals surface area contributed by atoms with Crippen molar-refractivity contribution < 1.29 is 4.79 Å². The van der Waals surface area contributed by atoms with Gasteiger partial charge in [-0.25, -0.2) is 0 Å². The minimum absolute atomic E-state index is 0.211. The molecule has 0 aliphatic heterocycles. The van der Waals surface area contributed by atoms with Gasteiger partial charge in [0, 0.05) is 28.2 Å². The summed E-state index contributed by atoms with van der Waals surface area (Å²) < 4.78 is 1.82. The normalized spacial score (nSPS) is 11.5. The highest BCUT2D eigenvalue weighted by Gasteiger charge is 2.21. The molecule has 0 spiro atoms. The van der Waals surface area contributed by atoms with E-state index in [1.165, 1.54) is 6.92 Å². The number of aromatic nitrogens is 3. The number of Topliss-reactive ketones (excluding diaryl/α,β-unsaturated/α-hetero) is 1. The van der Waals surface area contributed by atoms with E-state index in [1.807, 2.05) is 34.9 Å². The molecule has 6 nitrogen and oxygen atoms in total. The first-order chi connectivity index (χ1) is 15.9. The van der Waals surface area contributed by atoms with E-state index in [-0.39, 0.29) is 10.8 Å². The van der Waals surface area contributed by atoms with Crippen LogP contribution >= 0.6 is 46.6 Å². The lowest BCUT2D eigenvalue weighted by atomic mass is 10.2. The Kier molecular flexibility index (Phi) is 7.35. The van der Waals surface area contributed by atoms with Crippen LogP contribution in [-0.2, 0) is 4.79 Å². The second-order valence-electron chi connectivity index (χ2n) is 6.80. The molecule has 4 rings (SSSR count). The van der Waals surface area contributed by atoms with Crippen LogP contribution in [0.15, 0.2) is 83.1 Å². The van der Waals surface area contributed by atoms with E-state index >= 15 is 0 Å². The minimum atomic E-state index is -0.227. The number of hydrogen-bond donors (Lipinski definition) is 1. The summed E-state index contributed by atoms with van der Waals surface area (Å²) in [5.41, 5.74) is 5.04. The van der Waals surface area contributed by atoms with Gasteiger partial charge in [-0.3, -0.25) is 14.8 Å². The van der Waals surface area contributed by atoms with Crippen LogP contribution in [0.5, 0.6) is 0 Å². The monoisotopic (exact) mass is 515 g/mol. The molecule has 0 amide bonds.